The number of benzene rings is 1. The van der Waals surface area contributed by atoms with Crippen LogP contribution in [0.1, 0.15) is 29.8 Å². The standard InChI is InChI=1S/C19H22N4/c1-14(21-12-19-13-22-23(3)15(19)2)17-5-4-6-18(11-17)16-7-9-20-10-8-16/h4-11,13-14,21H,12H2,1-3H3. The largest absolute Gasteiger partial charge is 0.306 e. The van der Waals surface area contributed by atoms with E-state index in [-0.39, 0.29) is 6.04 Å². The van der Waals surface area contributed by atoms with Gasteiger partial charge >= 0.3 is 0 Å². The molecule has 1 aromatic carbocycles. The van der Waals surface area contributed by atoms with Gasteiger partial charge in [-0.15, -0.1) is 0 Å². The molecule has 0 radical (unpaired) electrons. The highest BCUT2D eigenvalue weighted by Crippen LogP contribution is 2.23. The van der Waals surface area contributed by atoms with Gasteiger partial charge in [0.15, 0.2) is 0 Å². The van der Waals surface area contributed by atoms with Gasteiger partial charge in [-0.3, -0.25) is 9.67 Å². The number of rotatable bonds is 5. The van der Waals surface area contributed by atoms with Gasteiger partial charge < -0.3 is 5.32 Å². The van der Waals surface area contributed by atoms with Crippen LogP contribution in [0.25, 0.3) is 11.1 Å². The average molecular weight is 306 g/mol. The summed E-state index contributed by atoms with van der Waals surface area (Å²) in [7, 11) is 1.97. The van der Waals surface area contributed by atoms with E-state index >= 15 is 0 Å². The first-order valence-corrected chi connectivity index (χ1v) is 7.86. The summed E-state index contributed by atoms with van der Waals surface area (Å²) in [6, 6.07) is 13.0. The monoisotopic (exact) mass is 306 g/mol. The second kappa shape index (κ2) is 6.75. The van der Waals surface area contributed by atoms with Crippen molar-refractivity contribution in [2.24, 2.45) is 7.05 Å². The molecular formula is C19H22N4. The summed E-state index contributed by atoms with van der Waals surface area (Å²) in [4.78, 5) is 4.08. The van der Waals surface area contributed by atoms with Gasteiger partial charge in [-0.1, -0.05) is 18.2 Å². The molecular weight excluding hydrogens is 284 g/mol. The number of pyridine rings is 1. The number of hydrogen-bond donors (Lipinski definition) is 1. The van der Waals surface area contributed by atoms with Gasteiger partial charge in [-0.2, -0.15) is 5.10 Å². The van der Waals surface area contributed by atoms with Crippen molar-refractivity contribution in [1.82, 2.24) is 20.1 Å². The molecule has 3 aromatic rings. The minimum absolute atomic E-state index is 0.274. The molecule has 0 fully saturated rings. The van der Waals surface area contributed by atoms with Gasteiger partial charge in [0.25, 0.3) is 0 Å². The zero-order chi connectivity index (χ0) is 16.2. The van der Waals surface area contributed by atoms with Crippen molar-refractivity contribution >= 4 is 0 Å². The summed E-state index contributed by atoms with van der Waals surface area (Å²) >= 11 is 0. The summed E-state index contributed by atoms with van der Waals surface area (Å²) in [6.45, 7) is 5.11. The molecule has 0 saturated heterocycles. The van der Waals surface area contributed by atoms with E-state index in [4.69, 9.17) is 0 Å². The molecule has 0 bridgehead atoms. The van der Waals surface area contributed by atoms with Crippen LogP contribution < -0.4 is 5.32 Å². The van der Waals surface area contributed by atoms with Crippen molar-refractivity contribution in [3.05, 3.63) is 71.8 Å². The molecule has 2 aromatic heterocycles. The Morgan fingerprint density at radius 1 is 1.13 bits per heavy atom. The van der Waals surface area contributed by atoms with Crippen molar-refractivity contribution < 1.29 is 0 Å². The van der Waals surface area contributed by atoms with E-state index in [0.717, 1.165) is 6.54 Å². The van der Waals surface area contributed by atoms with Crippen LogP contribution in [0, 0.1) is 6.92 Å². The van der Waals surface area contributed by atoms with Gasteiger partial charge in [0.1, 0.15) is 0 Å². The van der Waals surface area contributed by atoms with Crippen LogP contribution in [-0.2, 0) is 13.6 Å². The summed E-state index contributed by atoms with van der Waals surface area (Å²) in [5, 5.41) is 7.87. The van der Waals surface area contributed by atoms with E-state index in [1.165, 1.54) is 27.9 Å². The zero-order valence-electron chi connectivity index (χ0n) is 13.8. The second-order valence-corrected chi connectivity index (χ2v) is 5.84. The van der Waals surface area contributed by atoms with Crippen molar-refractivity contribution in [2.75, 3.05) is 0 Å². The molecule has 0 aliphatic rings. The molecule has 0 amide bonds. The van der Waals surface area contributed by atoms with E-state index in [2.05, 4.69) is 53.5 Å². The molecule has 3 rings (SSSR count). The lowest BCUT2D eigenvalue weighted by molar-refractivity contribution is 0.572. The van der Waals surface area contributed by atoms with Gasteiger partial charge in [0.05, 0.1) is 6.20 Å². The van der Waals surface area contributed by atoms with E-state index in [1.807, 2.05) is 42.5 Å². The number of nitrogens with one attached hydrogen (secondary N) is 1. The van der Waals surface area contributed by atoms with Crippen LogP contribution in [0.4, 0.5) is 0 Å². The predicted octanol–water partition coefficient (Wildman–Crippen LogP) is 3.64. The smallest absolute Gasteiger partial charge is 0.0537 e. The zero-order valence-corrected chi connectivity index (χ0v) is 13.8. The maximum Gasteiger partial charge on any atom is 0.0537 e. The molecule has 0 saturated carbocycles. The van der Waals surface area contributed by atoms with Crippen LogP contribution in [0.15, 0.2) is 55.0 Å². The Balaban J connectivity index is 1.72. The first-order valence-electron chi connectivity index (χ1n) is 7.86. The van der Waals surface area contributed by atoms with Crippen LogP contribution in [0.5, 0.6) is 0 Å². The molecule has 1 atom stereocenters. The van der Waals surface area contributed by atoms with Crippen molar-refractivity contribution in [3.63, 3.8) is 0 Å². The van der Waals surface area contributed by atoms with Gasteiger partial charge in [0, 0.05) is 43.3 Å². The van der Waals surface area contributed by atoms with Crippen molar-refractivity contribution in [2.45, 2.75) is 26.4 Å². The predicted molar refractivity (Wildman–Crippen MR) is 92.9 cm³/mol. The highest BCUT2D eigenvalue weighted by molar-refractivity contribution is 5.63. The molecule has 4 heteroatoms. The minimum Gasteiger partial charge on any atom is -0.306 e. The van der Waals surface area contributed by atoms with E-state index < -0.39 is 0 Å². The Kier molecular flexibility index (Phi) is 4.53. The molecule has 2 heterocycles. The topological polar surface area (TPSA) is 42.7 Å². The number of nitrogens with zero attached hydrogens (tertiary/aromatic N) is 3. The summed E-state index contributed by atoms with van der Waals surface area (Å²) < 4.78 is 1.91. The SMILES string of the molecule is Cc1c(CNC(C)c2cccc(-c3ccncc3)c2)cnn1C. The van der Waals surface area contributed by atoms with Gasteiger partial charge in [0.2, 0.25) is 0 Å². The molecule has 0 spiro atoms. The Morgan fingerprint density at radius 3 is 2.61 bits per heavy atom. The lowest BCUT2D eigenvalue weighted by Gasteiger charge is -2.15. The molecule has 1 unspecified atom stereocenters. The number of aromatic nitrogens is 3. The quantitative estimate of drug-likeness (QED) is 0.782. The van der Waals surface area contributed by atoms with E-state index in [1.54, 1.807) is 0 Å². The van der Waals surface area contributed by atoms with Crippen molar-refractivity contribution in [3.8, 4) is 11.1 Å². The summed E-state index contributed by atoms with van der Waals surface area (Å²) in [5.74, 6) is 0. The van der Waals surface area contributed by atoms with Crippen LogP contribution in [0.2, 0.25) is 0 Å². The van der Waals surface area contributed by atoms with Gasteiger partial charge in [-0.25, -0.2) is 0 Å². The molecule has 0 aliphatic heterocycles. The molecule has 118 valence electrons. The maximum atomic E-state index is 4.29. The lowest BCUT2D eigenvalue weighted by atomic mass is 10.0. The Labute approximate surface area is 137 Å². The molecule has 0 aliphatic carbocycles. The first kappa shape index (κ1) is 15.4. The molecule has 4 nitrogen and oxygen atoms in total. The third kappa shape index (κ3) is 3.48. The normalized spacial score (nSPS) is 12.3. The Bertz CT molecular complexity index is 777. The van der Waals surface area contributed by atoms with Crippen LogP contribution >= 0.6 is 0 Å². The van der Waals surface area contributed by atoms with E-state index in [0.29, 0.717) is 0 Å². The fourth-order valence-electron chi connectivity index (χ4n) is 2.63. The maximum absolute atomic E-state index is 4.29. The fraction of sp³-hybridized carbons (Fsp3) is 0.263. The average Bonchev–Trinajstić information content (AvgIpc) is 2.92. The number of hydrogen-bond acceptors (Lipinski definition) is 3. The Hall–Kier alpha value is -2.46. The molecule has 23 heavy (non-hydrogen) atoms. The second-order valence-electron chi connectivity index (χ2n) is 5.84. The highest BCUT2D eigenvalue weighted by atomic mass is 15.3. The van der Waals surface area contributed by atoms with Crippen LogP contribution in [0.3, 0.4) is 0 Å². The Morgan fingerprint density at radius 2 is 1.91 bits per heavy atom. The third-order valence-corrected chi connectivity index (χ3v) is 4.34. The highest BCUT2D eigenvalue weighted by Gasteiger charge is 2.09. The fourth-order valence-corrected chi connectivity index (χ4v) is 2.63. The summed E-state index contributed by atoms with van der Waals surface area (Å²) in [6.07, 6.45) is 5.59. The number of aryl methyl sites for hydroxylation is 1. The molecule has 1 N–H and O–H groups in total. The van der Waals surface area contributed by atoms with Crippen molar-refractivity contribution in [1.29, 1.82) is 0 Å². The minimum atomic E-state index is 0.274. The summed E-state index contributed by atoms with van der Waals surface area (Å²) in [5.41, 5.74) is 6.13. The van der Waals surface area contributed by atoms with Crippen LogP contribution in [-0.4, -0.2) is 14.8 Å². The lowest BCUT2D eigenvalue weighted by Crippen LogP contribution is -2.18. The third-order valence-electron chi connectivity index (χ3n) is 4.34. The first-order chi connectivity index (χ1) is 11.1. The van der Waals surface area contributed by atoms with Gasteiger partial charge in [-0.05, 0) is 48.7 Å². The van der Waals surface area contributed by atoms with E-state index in [9.17, 15) is 0 Å².